The molecular weight excluding hydrogens is 294 g/mol. The van der Waals surface area contributed by atoms with Crippen LogP contribution in [0.3, 0.4) is 0 Å². The van der Waals surface area contributed by atoms with Gasteiger partial charge in [0.2, 0.25) is 0 Å². The molecule has 0 atom stereocenters. The third kappa shape index (κ3) is 15.7. The Labute approximate surface area is 102 Å². The van der Waals surface area contributed by atoms with Gasteiger partial charge in [-0.1, -0.05) is 41.6 Å². The van der Waals surface area contributed by atoms with E-state index in [1.54, 1.807) is 0 Å². The Kier molecular flexibility index (Phi) is 16.3. The molecule has 0 N–H and O–H groups in total. The number of halogens is 2. The first-order chi connectivity index (χ1) is 5.77. The molecule has 82 valence electrons. The predicted octanol–water partition coefficient (Wildman–Crippen LogP) is 3.86. The van der Waals surface area contributed by atoms with Crippen LogP contribution < -0.4 is 0 Å². The average Bonchev–Trinajstić information content (AvgIpc) is 2.02. The van der Waals surface area contributed by atoms with Gasteiger partial charge in [-0.15, -0.1) is 17.0 Å². The van der Waals surface area contributed by atoms with E-state index in [1.807, 2.05) is 0 Å². The van der Waals surface area contributed by atoms with Crippen molar-refractivity contribution in [2.75, 3.05) is 26.0 Å². The van der Waals surface area contributed by atoms with E-state index in [0.29, 0.717) is 0 Å². The van der Waals surface area contributed by atoms with Crippen molar-refractivity contribution in [3.63, 3.8) is 0 Å². The zero-order valence-corrected chi connectivity index (χ0v) is 12.2. The molecule has 0 amide bonds. The second-order valence-electron chi connectivity index (χ2n) is 3.61. The number of rotatable bonds is 8. The smallest absolute Gasteiger partial charge is 0.00313 e. The SMILES string of the molecule is Br.CN(C)CCCCCCCCBr. The molecule has 0 aromatic heterocycles. The van der Waals surface area contributed by atoms with Crippen LogP contribution >= 0.6 is 32.9 Å². The van der Waals surface area contributed by atoms with E-state index in [2.05, 4.69) is 34.9 Å². The number of hydrogen-bond acceptors (Lipinski definition) is 1. The number of unbranched alkanes of at least 4 members (excludes halogenated alkanes) is 5. The largest absolute Gasteiger partial charge is 0.309 e. The lowest BCUT2D eigenvalue weighted by atomic mass is 10.1. The van der Waals surface area contributed by atoms with Crippen molar-refractivity contribution in [3.05, 3.63) is 0 Å². The topological polar surface area (TPSA) is 3.24 Å². The second kappa shape index (κ2) is 12.9. The Morgan fingerprint density at radius 2 is 1.31 bits per heavy atom. The molecule has 0 heterocycles. The van der Waals surface area contributed by atoms with Gasteiger partial charge < -0.3 is 4.90 Å². The van der Waals surface area contributed by atoms with Crippen molar-refractivity contribution < 1.29 is 0 Å². The first-order valence-corrected chi connectivity index (χ1v) is 6.10. The van der Waals surface area contributed by atoms with Crippen molar-refractivity contribution in [3.8, 4) is 0 Å². The summed E-state index contributed by atoms with van der Waals surface area (Å²) in [4.78, 5) is 2.26. The summed E-state index contributed by atoms with van der Waals surface area (Å²) in [5.74, 6) is 0. The minimum absolute atomic E-state index is 0. The van der Waals surface area contributed by atoms with E-state index >= 15 is 0 Å². The third-order valence-electron chi connectivity index (χ3n) is 1.99. The first-order valence-electron chi connectivity index (χ1n) is 4.98. The normalized spacial score (nSPS) is 10.2. The fraction of sp³-hybridized carbons (Fsp3) is 1.00. The second-order valence-corrected chi connectivity index (χ2v) is 4.41. The van der Waals surface area contributed by atoms with Crippen LogP contribution in [0.2, 0.25) is 0 Å². The molecule has 0 aromatic carbocycles. The molecule has 0 saturated heterocycles. The van der Waals surface area contributed by atoms with Gasteiger partial charge in [0, 0.05) is 5.33 Å². The van der Waals surface area contributed by atoms with Crippen molar-refractivity contribution in [2.45, 2.75) is 38.5 Å². The van der Waals surface area contributed by atoms with Crippen LogP contribution in [0.4, 0.5) is 0 Å². The molecule has 1 nitrogen and oxygen atoms in total. The summed E-state index contributed by atoms with van der Waals surface area (Å²) in [6.45, 7) is 1.25. The van der Waals surface area contributed by atoms with E-state index in [4.69, 9.17) is 0 Å². The molecule has 0 aliphatic heterocycles. The van der Waals surface area contributed by atoms with Crippen LogP contribution in [0, 0.1) is 0 Å². The maximum atomic E-state index is 3.44. The summed E-state index contributed by atoms with van der Waals surface area (Å²) in [7, 11) is 4.29. The summed E-state index contributed by atoms with van der Waals surface area (Å²) < 4.78 is 0. The van der Waals surface area contributed by atoms with Crippen molar-refractivity contribution in [1.82, 2.24) is 4.90 Å². The van der Waals surface area contributed by atoms with Crippen molar-refractivity contribution in [2.24, 2.45) is 0 Å². The monoisotopic (exact) mass is 315 g/mol. The number of nitrogens with zero attached hydrogens (tertiary/aromatic N) is 1. The predicted molar refractivity (Wildman–Crippen MR) is 70.4 cm³/mol. The van der Waals surface area contributed by atoms with E-state index in [9.17, 15) is 0 Å². The maximum Gasteiger partial charge on any atom is 0.00313 e. The van der Waals surface area contributed by atoms with Gasteiger partial charge >= 0.3 is 0 Å². The van der Waals surface area contributed by atoms with E-state index < -0.39 is 0 Å². The molecule has 0 aliphatic carbocycles. The summed E-state index contributed by atoms with van der Waals surface area (Å²) in [6.07, 6.45) is 8.34. The highest BCUT2D eigenvalue weighted by molar-refractivity contribution is 9.09. The van der Waals surface area contributed by atoms with Crippen LogP contribution in [-0.4, -0.2) is 30.9 Å². The Hall–Kier alpha value is 0.920. The lowest BCUT2D eigenvalue weighted by Crippen LogP contribution is -2.12. The third-order valence-corrected chi connectivity index (χ3v) is 2.55. The van der Waals surface area contributed by atoms with Gasteiger partial charge in [-0.25, -0.2) is 0 Å². The Balaban J connectivity index is 0. The quantitative estimate of drug-likeness (QED) is 0.485. The zero-order chi connectivity index (χ0) is 9.23. The van der Waals surface area contributed by atoms with Gasteiger partial charge in [0.25, 0.3) is 0 Å². The highest BCUT2D eigenvalue weighted by Crippen LogP contribution is 2.06. The minimum Gasteiger partial charge on any atom is -0.309 e. The van der Waals surface area contributed by atoms with Gasteiger partial charge in [0.1, 0.15) is 0 Å². The molecule has 0 aromatic rings. The number of hydrogen-bond donors (Lipinski definition) is 0. The molecular formula is C10H23Br2N. The van der Waals surface area contributed by atoms with Crippen LogP contribution in [0.15, 0.2) is 0 Å². The van der Waals surface area contributed by atoms with Crippen LogP contribution in [0.1, 0.15) is 38.5 Å². The molecule has 0 saturated carbocycles. The molecule has 0 radical (unpaired) electrons. The highest BCUT2D eigenvalue weighted by Gasteiger charge is 1.91. The molecule has 0 aliphatic rings. The van der Waals surface area contributed by atoms with Gasteiger partial charge in [-0.2, -0.15) is 0 Å². The highest BCUT2D eigenvalue weighted by atomic mass is 79.9. The van der Waals surface area contributed by atoms with E-state index in [0.717, 1.165) is 0 Å². The summed E-state index contributed by atoms with van der Waals surface area (Å²) in [5.41, 5.74) is 0. The van der Waals surface area contributed by atoms with Gasteiger partial charge in [-0.3, -0.25) is 0 Å². The van der Waals surface area contributed by atoms with Crippen LogP contribution in [0.25, 0.3) is 0 Å². The van der Waals surface area contributed by atoms with Crippen molar-refractivity contribution >= 4 is 32.9 Å². The standard InChI is InChI=1S/C10H22BrN.BrH/c1-12(2)10-8-6-4-3-5-7-9-11;/h3-10H2,1-2H3;1H. The number of alkyl halides is 1. The van der Waals surface area contributed by atoms with Gasteiger partial charge in [0.15, 0.2) is 0 Å². The first kappa shape index (κ1) is 16.4. The van der Waals surface area contributed by atoms with Gasteiger partial charge in [-0.05, 0) is 33.5 Å². The van der Waals surface area contributed by atoms with E-state index in [1.165, 1.54) is 50.4 Å². The van der Waals surface area contributed by atoms with E-state index in [-0.39, 0.29) is 17.0 Å². The Bertz CT molecular complexity index is 87.0. The fourth-order valence-corrected chi connectivity index (χ4v) is 1.63. The Morgan fingerprint density at radius 1 is 0.846 bits per heavy atom. The zero-order valence-electron chi connectivity index (χ0n) is 8.89. The fourth-order valence-electron chi connectivity index (χ4n) is 1.23. The molecule has 13 heavy (non-hydrogen) atoms. The summed E-state index contributed by atoms with van der Waals surface area (Å²) in [6, 6.07) is 0. The average molecular weight is 317 g/mol. The molecule has 0 spiro atoms. The minimum atomic E-state index is 0. The summed E-state index contributed by atoms with van der Waals surface area (Å²) >= 11 is 3.44. The maximum absolute atomic E-state index is 3.44. The van der Waals surface area contributed by atoms with Crippen molar-refractivity contribution in [1.29, 1.82) is 0 Å². The molecule has 0 unspecified atom stereocenters. The summed E-state index contributed by atoms with van der Waals surface area (Å²) in [5, 5.41) is 1.17. The van der Waals surface area contributed by atoms with Gasteiger partial charge in [0.05, 0.1) is 0 Å². The molecule has 3 heteroatoms. The molecule has 0 bridgehead atoms. The molecule has 0 fully saturated rings. The van der Waals surface area contributed by atoms with Crippen LogP contribution in [0.5, 0.6) is 0 Å². The van der Waals surface area contributed by atoms with Crippen LogP contribution in [-0.2, 0) is 0 Å². The molecule has 0 rings (SSSR count). The Morgan fingerprint density at radius 3 is 1.77 bits per heavy atom. The lowest BCUT2D eigenvalue weighted by molar-refractivity contribution is 0.389. The lowest BCUT2D eigenvalue weighted by Gasteiger charge is -2.08.